The SMILES string of the molecule is CC1(C)C(c2ccccc2)CC2ON21. The van der Waals surface area contributed by atoms with Crippen LogP contribution in [0, 0.1) is 0 Å². The van der Waals surface area contributed by atoms with Gasteiger partial charge in [0.25, 0.3) is 0 Å². The quantitative estimate of drug-likeness (QED) is 0.631. The van der Waals surface area contributed by atoms with Crippen LogP contribution in [0.5, 0.6) is 0 Å². The van der Waals surface area contributed by atoms with Gasteiger partial charge in [0.1, 0.15) is 0 Å². The molecule has 3 unspecified atom stereocenters. The summed E-state index contributed by atoms with van der Waals surface area (Å²) in [6, 6.07) is 10.7. The summed E-state index contributed by atoms with van der Waals surface area (Å²) in [4.78, 5) is 5.45. The van der Waals surface area contributed by atoms with E-state index in [1.54, 1.807) is 0 Å². The summed E-state index contributed by atoms with van der Waals surface area (Å²) < 4.78 is 0. The van der Waals surface area contributed by atoms with Crippen LogP contribution in [0.4, 0.5) is 0 Å². The molecule has 2 heteroatoms. The van der Waals surface area contributed by atoms with E-state index in [9.17, 15) is 0 Å². The highest BCUT2D eigenvalue weighted by molar-refractivity contribution is 5.26. The zero-order chi connectivity index (χ0) is 9.76. The van der Waals surface area contributed by atoms with Crippen molar-refractivity contribution in [2.45, 2.75) is 38.0 Å². The van der Waals surface area contributed by atoms with Gasteiger partial charge in [0.05, 0.1) is 5.54 Å². The molecular formula is C12H15NO. The molecule has 14 heavy (non-hydrogen) atoms. The average Bonchev–Trinajstić information content (AvgIpc) is 2.90. The van der Waals surface area contributed by atoms with Gasteiger partial charge in [0, 0.05) is 5.92 Å². The highest BCUT2D eigenvalue weighted by Crippen LogP contribution is 2.52. The zero-order valence-electron chi connectivity index (χ0n) is 8.60. The number of benzene rings is 1. The van der Waals surface area contributed by atoms with Gasteiger partial charge in [-0.2, -0.15) is 5.06 Å². The van der Waals surface area contributed by atoms with E-state index in [2.05, 4.69) is 49.2 Å². The van der Waals surface area contributed by atoms with Crippen LogP contribution in [-0.2, 0) is 4.84 Å². The van der Waals surface area contributed by atoms with Crippen LogP contribution in [0.2, 0.25) is 0 Å². The normalized spacial score (nSPS) is 38.0. The molecule has 1 aromatic rings. The van der Waals surface area contributed by atoms with E-state index in [-0.39, 0.29) is 5.54 Å². The minimum atomic E-state index is 0.159. The standard InChI is InChI=1S/C12H15NO/c1-12(2)10(8-11-13(12)14-11)9-6-4-3-5-7-9/h3-7,10-11H,8H2,1-2H3. The smallest absolute Gasteiger partial charge is 0.155 e. The highest BCUT2D eigenvalue weighted by Gasteiger charge is 2.59. The molecule has 2 aliphatic heterocycles. The third kappa shape index (κ3) is 1.04. The Kier molecular flexibility index (Phi) is 1.56. The van der Waals surface area contributed by atoms with Gasteiger partial charge in [0.15, 0.2) is 6.23 Å². The van der Waals surface area contributed by atoms with Gasteiger partial charge in [-0.3, -0.25) is 4.84 Å². The molecule has 0 aromatic heterocycles. The molecule has 0 aliphatic carbocycles. The second-order valence-electron chi connectivity index (χ2n) is 4.74. The fourth-order valence-corrected chi connectivity index (χ4v) is 2.62. The number of hydrogen-bond donors (Lipinski definition) is 0. The van der Waals surface area contributed by atoms with E-state index in [0.717, 1.165) is 6.42 Å². The predicted molar refractivity (Wildman–Crippen MR) is 54.6 cm³/mol. The number of hydroxylamine groups is 2. The summed E-state index contributed by atoms with van der Waals surface area (Å²) in [5.41, 5.74) is 1.60. The molecule has 0 radical (unpaired) electrons. The Bertz CT molecular complexity index is 347. The second-order valence-corrected chi connectivity index (χ2v) is 4.74. The summed E-state index contributed by atoms with van der Waals surface area (Å²) in [5, 5.41) is 2.13. The molecule has 2 nitrogen and oxygen atoms in total. The zero-order valence-corrected chi connectivity index (χ0v) is 8.60. The van der Waals surface area contributed by atoms with Crippen molar-refractivity contribution in [1.29, 1.82) is 0 Å². The van der Waals surface area contributed by atoms with Gasteiger partial charge in [-0.05, 0) is 25.8 Å². The summed E-state index contributed by atoms with van der Waals surface area (Å²) >= 11 is 0. The molecule has 74 valence electrons. The van der Waals surface area contributed by atoms with Crippen molar-refractivity contribution < 1.29 is 4.84 Å². The molecule has 3 atom stereocenters. The Labute approximate surface area is 84.4 Å². The fraction of sp³-hybridized carbons (Fsp3) is 0.500. The van der Waals surface area contributed by atoms with Crippen molar-refractivity contribution in [2.75, 3.05) is 0 Å². The van der Waals surface area contributed by atoms with Crippen LogP contribution in [0.1, 0.15) is 31.7 Å². The van der Waals surface area contributed by atoms with E-state index < -0.39 is 0 Å². The number of nitrogens with zero attached hydrogens (tertiary/aromatic N) is 1. The number of hydrogen-bond acceptors (Lipinski definition) is 2. The lowest BCUT2D eigenvalue weighted by Gasteiger charge is -2.29. The Morgan fingerprint density at radius 1 is 1.29 bits per heavy atom. The number of fused-ring (bicyclic) bond motifs is 1. The lowest BCUT2D eigenvalue weighted by atomic mass is 9.83. The van der Waals surface area contributed by atoms with Crippen molar-refractivity contribution in [3.8, 4) is 0 Å². The molecular weight excluding hydrogens is 174 g/mol. The summed E-state index contributed by atoms with van der Waals surface area (Å²) in [6.45, 7) is 4.52. The minimum absolute atomic E-state index is 0.159. The maximum absolute atomic E-state index is 5.45. The van der Waals surface area contributed by atoms with Gasteiger partial charge in [0.2, 0.25) is 0 Å². The van der Waals surface area contributed by atoms with Crippen LogP contribution >= 0.6 is 0 Å². The van der Waals surface area contributed by atoms with Crippen LogP contribution < -0.4 is 0 Å². The van der Waals surface area contributed by atoms with Crippen LogP contribution in [-0.4, -0.2) is 16.8 Å². The summed E-state index contributed by atoms with van der Waals surface area (Å²) in [7, 11) is 0. The first kappa shape index (κ1) is 8.45. The van der Waals surface area contributed by atoms with Gasteiger partial charge in [-0.25, -0.2) is 0 Å². The average molecular weight is 189 g/mol. The van der Waals surface area contributed by atoms with Crippen molar-refractivity contribution in [3.63, 3.8) is 0 Å². The van der Waals surface area contributed by atoms with E-state index in [1.807, 2.05) is 0 Å². The largest absolute Gasteiger partial charge is 0.275 e. The molecule has 2 saturated heterocycles. The monoisotopic (exact) mass is 189 g/mol. The molecule has 3 rings (SSSR count). The molecule has 1 aromatic carbocycles. The van der Waals surface area contributed by atoms with Crippen LogP contribution in [0.25, 0.3) is 0 Å². The van der Waals surface area contributed by atoms with E-state index >= 15 is 0 Å². The van der Waals surface area contributed by atoms with Gasteiger partial charge in [-0.1, -0.05) is 30.3 Å². The van der Waals surface area contributed by atoms with E-state index in [0.29, 0.717) is 12.1 Å². The first-order chi connectivity index (χ1) is 6.69. The lowest BCUT2D eigenvalue weighted by Crippen LogP contribution is -2.33. The third-order valence-corrected chi connectivity index (χ3v) is 3.51. The topological polar surface area (TPSA) is 15.5 Å². The lowest BCUT2D eigenvalue weighted by molar-refractivity contribution is 0.0632. The minimum Gasteiger partial charge on any atom is -0.275 e. The Hall–Kier alpha value is -0.860. The van der Waals surface area contributed by atoms with Gasteiger partial charge in [-0.15, -0.1) is 0 Å². The fourth-order valence-electron chi connectivity index (χ4n) is 2.62. The maximum atomic E-state index is 5.45. The van der Waals surface area contributed by atoms with Crippen molar-refractivity contribution in [1.82, 2.24) is 5.06 Å². The van der Waals surface area contributed by atoms with E-state index in [4.69, 9.17) is 4.84 Å². The highest BCUT2D eigenvalue weighted by atomic mass is 16.8. The Morgan fingerprint density at radius 2 is 2.00 bits per heavy atom. The molecule has 2 heterocycles. The third-order valence-electron chi connectivity index (χ3n) is 3.51. The predicted octanol–water partition coefficient (Wildman–Crippen LogP) is 2.53. The summed E-state index contributed by atoms with van der Waals surface area (Å²) in [5.74, 6) is 0.613. The number of rotatable bonds is 1. The van der Waals surface area contributed by atoms with Gasteiger partial charge < -0.3 is 0 Å². The van der Waals surface area contributed by atoms with E-state index in [1.165, 1.54) is 5.56 Å². The summed E-state index contributed by atoms with van der Waals surface area (Å²) in [6.07, 6.45) is 1.52. The molecule has 0 N–H and O–H groups in total. The molecule has 0 amide bonds. The molecule has 0 spiro atoms. The first-order valence-corrected chi connectivity index (χ1v) is 5.20. The molecule has 2 aliphatic rings. The maximum Gasteiger partial charge on any atom is 0.155 e. The first-order valence-electron chi connectivity index (χ1n) is 5.20. The van der Waals surface area contributed by atoms with Gasteiger partial charge >= 0.3 is 0 Å². The van der Waals surface area contributed by atoms with Crippen LogP contribution in [0.15, 0.2) is 30.3 Å². The molecule has 0 saturated carbocycles. The molecule has 0 bridgehead atoms. The Balaban J connectivity index is 1.94. The van der Waals surface area contributed by atoms with Crippen molar-refractivity contribution >= 4 is 0 Å². The second kappa shape index (κ2) is 2.59. The van der Waals surface area contributed by atoms with Crippen molar-refractivity contribution in [2.24, 2.45) is 0 Å². The molecule has 2 fully saturated rings. The van der Waals surface area contributed by atoms with Crippen LogP contribution in [0.3, 0.4) is 0 Å². The Morgan fingerprint density at radius 3 is 2.57 bits per heavy atom. The van der Waals surface area contributed by atoms with Crippen molar-refractivity contribution in [3.05, 3.63) is 35.9 Å².